The molecule has 0 rings (SSSR count). The molecule has 0 spiro atoms. The number of carbonyl (C=O) groups is 1. The molecule has 16 heavy (non-hydrogen) atoms. The lowest BCUT2D eigenvalue weighted by Gasteiger charge is -2.07. The fourth-order valence-corrected chi connectivity index (χ4v) is 1.44. The van der Waals surface area contributed by atoms with E-state index in [2.05, 4.69) is 19.2 Å². The van der Waals surface area contributed by atoms with Crippen LogP contribution < -0.4 is 5.32 Å². The van der Waals surface area contributed by atoms with E-state index in [0.717, 1.165) is 18.9 Å². The van der Waals surface area contributed by atoms with Gasteiger partial charge in [0.25, 0.3) is 0 Å². The lowest BCUT2D eigenvalue weighted by Crippen LogP contribution is -2.20. The molecule has 0 aromatic carbocycles. The van der Waals surface area contributed by atoms with Crippen LogP contribution in [0.5, 0.6) is 0 Å². The highest BCUT2D eigenvalue weighted by atomic mass is 16.1. The zero-order valence-electron chi connectivity index (χ0n) is 11.9. The van der Waals surface area contributed by atoms with Crippen LogP contribution >= 0.6 is 0 Å². The first kappa shape index (κ1) is 17.9. The van der Waals surface area contributed by atoms with Crippen LogP contribution in [0.15, 0.2) is 0 Å². The second-order valence-corrected chi connectivity index (χ2v) is 4.20. The van der Waals surface area contributed by atoms with Crippen molar-refractivity contribution in [3.63, 3.8) is 0 Å². The van der Waals surface area contributed by atoms with Gasteiger partial charge in [0.1, 0.15) is 0 Å². The van der Waals surface area contributed by atoms with Gasteiger partial charge in [0.2, 0.25) is 5.91 Å². The van der Waals surface area contributed by atoms with Crippen molar-refractivity contribution in [2.75, 3.05) is 6.54 Å². The molecule has 1 N–H and O–H groups in total. The van der Waals surface area contributed by atoms with Crippen LogP contribution in [-0.4, -0.2) is 12.5 Å². The van der Waals surface area contributed by atoms with Crippen molar-refractivity contribution in [1.82, 2.24) is 5.32 Å². The Bertz CT molecular complexity index is 146. The molecule has 0 aliphatic heterocycles. The summed E-state index contributed by atoms with van der Waals surface area (Å²) in [4.78, 5) is 10.5. The Balaban J connectivity index is 0. The summed E-state index contributed by atoms with van der Waals surface area (Å²) in [7, 11) is 0. The number of nitrogens with one attached hydrogen (secondary N) is 1. The molecule has 0 saturated carbocycles. The zero-order valence-corrected chi connectivity index (χ0v) is 11.9. The molecule has 0 unspecified atom stereocenters. The van der Waals surface area contributed by atoms with Crippen molar-refractivity contribution in [3.8, 4) is 0 Å². The highest BCUT2D eigenvalue weighted by Crippen LogP contribution is 2.12. The molecule has 0 aliphatic rings. The van der Waals surface area contributed by atoms with Crippen LogP contribution in [-0.2, 0) is 4.79 Å². The number of amides is 1. The maximum atomic E-state index is 10.5. The summed E-state index contributed by atoms with van der Waals surface area (Å²) in [5.74, 6) is 0.968. The lowest BCUT2D eigenvalue weighted by molar-refractivity contribution is -0.118. The predicted molar refractivity (Wildman–Crippen MR) is 72.6 cm³/mol. The van der Waals surface area contributed by atoms with Crippen molar-refractivity contribution in [1.29, 1.82) is 0 Å². The van der Waals surface area contributed by atoms with E-state index < -0.39 is 0 Å². The van der Waals surface area contributed by atoms with Crippen LogP contribution in [0.1, 0.15) is 73.1 Å². The minimum Gasteiger partial charge on any atom is -0.356 e. The van der Waals surface area contributed by atoms with Gasteiger partial charge in [0.05, 0.1) is 0 Å². The first-order valence-corrected chi connectivity index (χ1v) is 6.91. The smallest absolute Gasteiger partial charge is 0.216 e. The van der Waals surface area contributed by atoms with Gasteiger partial charge in [0.15, 0.2) is 0 Å². The third-order valence-corrected chi connectivity index (χ3v) is 2.69. The molecular formula is C14H31NO. The Hall–Kier alpha value is -0.530. The van der Waals surface area contributed by atoms with E-state index in [1.165, 1.54) is 32.1 Å². The van der Waals surface area contributed by atoms with E-state index in [1.807, 2.05) is 13.8 Å². The standard InChI is InChI=1S/C12H25NO.C2H6/c1-4-11(2)9-7-5-6-8-10-13-12(3)14;1-2/h11H,4-10H2,1-3H3,(H,13,14);1-2H3/t11-;/m0./s1. The fourth-order valence-electron chi connectivity index (χ4n) is 1.44. The highest BCUT2D eigenvalue weighted by molar-refractivity contribution is 5.72. The zero-order chi connectivity index (χ0) is 12.8. The summed E-state index contributed by atoms with van der Waals surface area (Å²) >= 11 is 0. The largest absolute Gasteiger partial charge is 0.356 e. The van der Waals surface area contributed by atoms with Crippen molar-refractivity contribution in [2.24, 2.45) is 5.92 Å². The summed E-state index contributed by atoms with van der Waals surface area (Å²) in [6.45, 7) is 11.0. The average Bonchev–Trinajstić information content (AvgIpc) is 2.29. The Labute approximate surface area is 102 Å². The summed E-state index contributed by atoms with van der Waals surface area (Å²) < 4.78 is 0. The summed E-state index contributed by atoms with van der Waals surface area (Å²) in [6.07, 6.45) is 7.68. The van der Waals surface area contributed by atoms with Crippen LogP contribution in [0.4, 0.5) is 0 Å². The third-order valence-electron chi connectivity index (χ3n) is 2.69. The van der Waals surface area contributed by atoms with E-state index in [-0.39, 0.29) is 5.91 Å². The van der Waals surface area contributed by atoms with Gasteiger partial charge in [-0.15, -0.1) is 0 Å². The van der Waals surface area contributed by atoms with Gasteiger partial charge >= 0.3 is 0 Å². The van der Waals surface area contributed by atoms with Crippen LogP contribution in [0, 0.1) is 5.92 Å². The molecule has 1 atom stereocenters. The van der Waals surface area contributed by atoms with Gasteiger partial charge in [0, 0.05) is 13.5 Å². The van der Waals surface area contributed by atoms with Gasteiger partial charge in [-0.2, -0.15) is 0 Å². The molecule has 0 aliphatic carbocycles. The maximum absolute atomic E-state index is 10.5. The SMILES string of the molecule is CC.CC[C@H](C)CCCCCCNC(C)=O. The highest BCUT2D eigenvalue weighted by Gasteiger charge is 1.98. The van der Waals surface area contributed by atoms with E-state index in [1.54, 1.807) is 6.92 Å². The molecule has 0 heterocycles. The summed E-state index contributed by atoms with van der Waals surface area (Å²) in [5.41, 5.74) is 0. The van der Waals surface area contributed by atoms with Crippen LogP contribution in [0.25, 0.3) is 0 Å². The van der Waals surface area contributed by atoms with Crippen molar-refractivity contribution in [2.45, 2.75) is 73.1 Å². The van der Waals surface area contributed by atoms with Crippen molar-refractivity contribution in [3.05, 3.63) is 0 Å². The number of rotatable bonds is 8. The quantitative estimate of drug-likeness (QED) is 0.623. The molecule has 1 amide bonds. The number of carbonyl (C=O) groups excluding carboxylic acids is 1. The minimum atomic E-state index is 0.0876. The Morgan fingerprint density at radius 2 is 1.69 bits per heavy atom. The topological polar surface area (TPSA) is 29.1 Å². The van der Waals surface area contributed by atoms with E-state index in [9.17, 15) is 4.79 Å². The van der Waals surface area contributed by atoms with Gasteiger partial charge in [-0.3, -0.25) is 4.79 Å². The molecule has 0 bridgehead atoms. The second-order valence-electron chi connectivity index (χ2n) is 4.20. The fraction of sp³-hybridized carbons (Fsp3) is 0.929. The van der Waals surface area contributed by atoms with Crippen molar-refractivity contribution < 1.29 is 4.79 Å². The molecule has 0 aromatic rings. The van der Waals surface area contributed by atoms with Gasteiger partial charge in [-0.05, 0) is 12.3 Å². The Kier molecular flexibility index (Phi) is 16.1. The number of hydrogen-bond donors (Lipinski definition) is 1. The number of hydrogen-bond acceptors (Lipinski definition) is 1. The number of unbranched alkanes of at least 4 members (excludes halogenated alkanes) is 3. The van der Waals surface area contributed by atoms with E-state index >= 15 is 0 Å². The molecule has 98 valence electrons. The Morgan fingerprint density at radius 1 is 1.12 bits per heavy atom. The molecule has 0 radical (unpaired) electrons. The molecule has 0 saturated heterocycles. The van der Waals surface area contributed by atoms with E-state index in [4.69, 9.17) is 0 Å². The Morgan fingerprint density at radius 3 is 2.19 bits per heavy atom. The summed E-state index contributed by atoms with van der Waals surface area (Å²) in [5, 5.41) is 2.82. The maximum Gasteiger partial charge on any atom is 0.216 e. The normalized spacial score (nSPS) is 11.3. The second kappa shape index (κ2) is 14.5. The van der Waals surface area contributed by atoms with E-state index in [0.29, 0.717) is 0 Å². The molecular weight excluding hydrogens is 198 g/mol. The lowest BCUT2D eigenvalue weighted by atomic mass is 10.0. The van der Waals surface area contributed by atoms with Crippen molar-refractivity contribution >= 4 is 5.91 Å². The average molecular weight is 229 g/mol. The summed E-state index contributed by atoms with van der Waals surface area (Å²) in [6, 6.07) is 0. The van der Waals surface area contributed by atoms with Gasteiger partial charge < -0.3 is 5.32 Å². The van der Waals surface area contributed by atoms with Gasteiger partial charge in [-0.25, -0.2) is 0 Å². The van der Waals surface area contributed by atoms with Gasteiger partial charge in [-0.1, -0.05) is 59.8 Å². The predicted octanol–water partition coefficient (Wildman–Crippen LogP) is 4.15. The molecule has 2 heteroatoms. The molecule has 0 aromatic heterocycles. The molecule has 2 nitrogen and oxygen atoms in total. The first-order chi connectivity index (χ1) is 7.66. The monoisotopic (exact) mass is 229 g/mol. The minimum absolute atomic E-state index is 0.0876. The third kappa shape index (κ3) is 15.9. The first-order valence-electron chi connectivity index (χ1n) is 6.91. The van der Waals surface area contributed by atoms with Crippen LogP contribution in [0.2, 0.25) is 0 Å². The molecule has 0 fully saturated rings. The van der Waals surface area contributed by atoms with Crippen LogP contribution in [0.3, 0.4) is 0 Å².